The summed E-state index contributed by atoms with van der Waals surface area (Å²) in [6, 6.07) is 0. The van der Waals surface area contributed by atoms with Crippen LogP contribution in [-0.2, 0) is 0 Å². The van der Waals surface area contributed by atoms with E-state index in [1.54, 1.807) is 0 Å². The first-order valence-electron chi connectivity index (χ1n) is 4.51. The highest BCUT2D eigenvalue weighted by Crippen LogP contribution is 2.07. The van der Waals surface area contributed by atoms with Gasteiger partial charge in [0.1, 0.15) is 0 Å². The molecular formula is C9H23N3. The highest BCUT2D eigenvalue weighted by Gasteiger charge is 2.19. The molecule has 0 spiro atoms. The molecule has 0 heterocycles. The third-order valence-corrected chi connectivity index (χ3v) is 1.79. The van der Waals surface area contributed by atoms with Crippen LogP contribution in [0.15, 0.2) is 0 Å². The predicted octanol–water partition coefficient (Wildman–Crippen LogP) is 0.441. The Hall–Kier alpha value is -0.120. The highest BCUT2D eigenvalue weighted by atomic mass is 15.0. The zero-order valence-electron chi connectivity index (χ0n) is 8.78. The van der Waals surface area contributed by atoms with Gasteiger partial charge in [-0.3, -0.25) is 0 Å². The number of hydrogen-bond acceptors (Lipinski definition) is 3. The zero-order chi connectivity index (χ0) is 9.83. The molecule has 0 saturated carbocycles. The van der Waals surface area contributed by atoms with Crippen LogP contribution < -0.4 is 16.8 Å². The standard InChI is InChI=1S/C9H23N3/c1-8(2,11)7-12-9(3,4)5-6-10/h12H,5-7,10-11H2,1-4H3. The highest BCUT2D eigenvalue weighted by molar-refractivity contribution is 4.83. The van der Waals surface area contributed by atoms with E-state index >= 15 is 0 Å². The van der Waals surface area contributed by atoms with Gasteiger partial charge in [0, 0.05) is 17.6 Å². The number of rotatable bonds is 5. The van der Waals surface area contributed by atoms with Crippen molar-refractivity contribution in [2.75, 3.05) is 13.1 Å². The van der Waals surface area contributed by atoms with Crippen molar-refractivity contribution in [2.24, 2.45) is 11.5 Å². The summed E-state index contributed by atoms with van der Waals surface area (Å²) in [7, 11) is 0. The summed E-state index contributed by atoms with van der Waals surface area (Å²) in [5.74, 6) is 0. The molecule has 0 aliphatic rings. The van der Waals surface area contributed by atoms with Crippen LogP contribution in [0.4, 0.5) is 0 Å². The second-order valence-electron chi connectivity index (χ2n) is 4.76. The third kappa shape index (κ3) is 6.58. The van der Waals surface area contributed by atoms with Crippen molar-refractivity contribution < 1.29 is 0 Å². The molecule has 0 saturated heterocycles. The van der Waals surface area contributed by atoms with Crippen LogP contribution in [0.5, 0.6) is 0 Å². The number of nitrogens with one attached hydrogen (secondary N) is 1. The molecule has 12 heavy (non-hydrogen) atoms. The molecule has 0 unspecified atom stereocenters. The van der Waals surface area contributed by atoms with Crippen molar-refractivity contribution in [3.63, 3.8) is 0 Å². The Kier molecular flexibility index (Phi) is 4.17. The van der Waals surface area contributed by atoms with Gasteiger partial charge < -0.3 is 16.8 Å². The second-order valence-corrected chi connectivity index (χ2v) is 4.76. The Morgan fingerprint density at radius 2 is 1.67 bits per heavy atom. The Morgan fingerprint density at radius 3 is 2.00 bits per heavy atom. The van der Waals surface area contributed by atoms with Crippen LogP contribution in [0, 0.1) is 0 Å². The van der Waals surface area contributed by atoms with Crippen LogP contribution in [0.3, 0.4) is 0 Å². The first-order valence-corrected chi connectivity index (χ1v) is 4.51. The van der Waals surface area contributed by atoms with E-state index < -0.39 is 0 Å². The van der Waals surface area contributed by atoms with E-state index in [1.165, 1.54) is 0 Å². The maximum atomic E-state index is 5.85. The van der Waals surface area contributed by atoms with Gasteiger partial charge in [0.2, 0.25) is 0 Å². The quantitative estimate of drug-likeness (QED) is 0.565. The van der Waals surface area contributed by atoms with Gasteiger partial charge in [0.15, 0.2) is 0 Å². The molecule has 5 N–H and O–H groups in total. The van der Waals surface area contributed by atoms with Gasteiger partial charge in [-0.1, -0.05) is 0 Å². The van der Waals surface area contributed by atoms with E-state index in [0.717, 1.165) is 13.0 Å². The SMILES string of the molecule is CC(C)(N)CNC(C)(C)CCN. The van der Waals surface area contributed by atoms with Crippen LogP contribution in [-0.4, -0.2) is 24.2 Å². The van der Waals surface area contributed by atoms with Gasteiger partial charge in [-0.2, -0.15) is 0 Å². The van der Waals surface area contributed by atoms with E-state index in [2.05, 4.69) is 19.2 Å². The molecule has 3 heteroatoms. The van der Waals surface area contributed by atoms with Crippen molar-refractivity contribution in [1.29, 1.82) is 0 Å². The van der Waals surface area contributed by atoms with Crippen LogP contribution in [0.1, 0.15) is 34.1 Å². The fourth-order valence-corrected chi connectivity index (χ4v) is 0.916. The summed E-state index contributed by atoms with van der Waals surface area (Å²) in [6.07, 6.45) is 0.975. The maximum absolute atomic E-state index is 5.85. The fourth-order valence-electron chi connectivity index (χ4n) is 0.916. The molecule has 0 aromatic carbocycles. The summed E-state index contributed by atoms with van der Waals surface area (Å²) in [5, 5.41) is 3.39. The lowest BCUT2D eigenvalue weighted by atomic mass is 9.98. The summed E-state index contributed by atoms with van der Waals surface area (Å²) in [5.41, 5.74) is 11.3. The topological polar surface area (TPSA) is 64.1 Å². The molecule has 0 fully saturated rings. The summed E-state index contributed by atoms with van der Waals surface area (Å²) < 4.78 is 0. The molecular weight excluding hydrogens is 150 g/mol. The van der Waals surface area contributed by atoms with Gasteiger partial charge in [0.05, 0.1) is 0 Å². The molecule has 0 aromatic heterocycles. The fraction of sp³-hybridized carbons (Fsp3) is 1.00. The van der Waals surface area contributed by atoms with E-state index in [0.29, 0.717) is 6.54 Å². The van der Waals surface area contributed by atoms with Crippen molar-refractivity contribution in [3.8, 4) is 0 Å². The number of hydrogen-bond donors (Lipinski definition) is 3. The molecule has 0 atom stereocenters. The Balaban J connectivity index is 3.75. The van der Waals surface area contributed by atoms with E-state index in [1.807, 2.05) is 13.8 Å². The van der Waals surface area contributed by atoms with E-state index in [4.69, 9.17) is 11.5 Å². The third-order valence-electron chi connectivity index (χ3n) is 1.79. The van der Waals surface area contributed by atoms with Crippen molar-refractivity contribution in [3.05, 3.63) is 0 Å². The lowest BCUT2D eigenvalue weighted by Gasteiger charge is -2.30. The largest absolute Gasteiger partial charge is 0.330 e. The second kappa shape index (κ2) is 4.21. The minimum atomic E-state index is -0.147. The molecule has 0 amide bonds. The van der Waals surface area contributed by atoms with Gasteiger partial charge in [-0.15, -0.1) is 0 Å². The molecule has 3 nitrogen and oxygen atoms in total. The molecule has 0 aromatic rings. The minimum absolute atomic E-state index is 0.103. The van der Waals surface area contributed by atoms with E-state index in [9.17, 15) is 0 Å². The summed E-state index contributed by atoms with van der Waals surface area (Å²) in [6.45, 7) is 9.85. The molecule has 74 valence electrons. The zero-order valence-corrected chi connectivity index (χ0v) is 8.78. The Labute approximate surface area is 75.9 Å². The minimum Gasteiger partial charge on any atom is -0.330 e. The van der Waals surface area contributed by atoms with Crippen molar-refractivity contribution in [1.82, 2.24) is 5.32 Å². The smallest absolute Gasteiger partial charge is 0.0223 e. The van der Waals surface area contributed by atoms with Gasteiger partial charge in [0.25, 0.3) is 0 Å². The molecule has 0 radical (unpaired) electrons. The first-order chi connectivity index (χ1) is 5.27. The van der Waals surface area contributed by atoms with Crippen LogP contribution in [0.25, 0.3) is 0 Å². The van der Waals surface area contributed by atoms with Gasteiger partial charge in [-0.05, 0) is 40.7 Å². The van der Waals surface area contributed by atoms with Gasteiger partial charge >= 0.3 is 0 Å². The molecule has 0 rings (SSSR count). The van der Waals surface area contributed by atoms with E-state index in [-0.39, 0.29) is 11.1 Å². The maximum Gasteiger partial charge on any atom is 0.0223 e. The summed E-state index contributed by atoms with van der Waals surface area (Å²) in [4.78, 5) is 0. The summed E-state index contributed by atoms with van der Waals surface area (Å²) >= 11 is 0. The Morgan fingerprint density at radius 1 is 1.17 bits per heavy atom. The van der Waals surface area contributed by atoms with Crippen LogP contribution in [0.2, 0.25) is 0 Å². The molecule has 0 aliphatic carbocycles. The van der Waals surface area contributed by atoms with Crippen LogP contribution >= 0.6 is 0 Å². The average molecular weight is 173 g/mol. The lowest BCUT2D eigenvalue weighted by Crippen LogP contribution is -2.51. The molecule has 0 aliphatic heterocycles. The lowest BCUT2D eigenvalue weighted by molar-refractivity contribution is 0.326. The predicted molar refractivity (Wildman–Crippen MR) is 54.0 cm³/mol. The normalized spacial score (nSPS) is 13.5. The average Bonchev–Trinajstić information content (AvgIpc) is 1.83. The first kappa shape index (κ1) is 11.9. The molecule has 0 bridgehead atoms. The van der Waals surface area contributed by atoms with Crippen molar-refractivity contribution in [2.45, 2.75) is 45.2 Å². The monoisotopic (exact) mass is 173 g/mol. The number of nitrogens with two attached hydrogens (primary N) is 2. The van der Waals surface area contributed by atoms with Gasteiger partial charge in [-0.25, -0.2) is 0 Å². The Bertz CT molecular complexity index is 124. The van der Waals surface area contributed by atoms with Crippen molar-refractivity contribution >= 4 is 0 Å².